The number of benzene rings is 2. The Labute approximate surface area is 207 Å². The molecular weight excluding hydrogens is 458 g/mol. The molecule has 1 aliphatic rings. The summed E-state index contributed by atoms with van der Waals surface area (Å²) in [7, 11) is 0. The number of carboxylic acid groups (broad SMARTS) is 1. The van der Waals surface area contributed by atoms with Gasteiger partial charge in [-0.05, 0) is 35.4 Å². The van der Waals surface area contributed by atoms with Gasteiger partial charge in [-0.2, -0.15) is 0 Å². The first-order valence-electron chi connectivity index (χ1n) is 11.4. The van der Waals surface area contributed by atoms with E-state index in [9.17, 15) is 19.5 Å². The van der Waals surface area contributed by atoms with Gasteiger partial charge in [-0.25, -0.2) is 9.78 Å². The predicted molar refractivity (Wildman–Crippen MR) is 130 cm³/mol. The van der Waals surface area contributed by atoms with Gasteiger partial charge in [0.2, 0.25) is 0 Å². The van der Waals surface area contributed by atoms with Gasteiger partial charge < -0.3 is 19.9 Å². The van der Waals surface area contributed by atoms with E-state index in [-0.39, 0.29) is 29.6 Å². The summed E-state index contributed by atoms with van der Waals surface area (Å²) in [5.74, 6) is -0.963. The van der Waals surface area contributed by atoms with Crippen molar-refractivity contribution in [2.75, 3.05) is 6.54 Å². The molecule has 4 aromatic rings. The first kappa shape index (κ1) is 23.0. The Kier molecular flexibility index (Phi) is 6.27. The number of carbonyl (C=O) groups excluding carboxylic acids is 2. The number of imidazole rings is 1. The first-order valence-corrected chi connectivity index (χ1v) is 11.4. The van der Waals surface area contributed by atoms with Gasteiger partial charge in [-0.3, -0.25) is 14.6 Å². The average Bonchev–Trinajstić information content (AvgIpc) is 3.36. The van der Waals surface area contributed by atoms with Gasteiger partial charge in [0.15, 0.2) is 0 Å². The van der Waals surface area contributed by atoms with Crippen LogP contribution in [0.25, 0.3) is 0 Å². The van der Waals surface area contributed by atoms with Crippen LogP contribution < -0.4 is 5.32 Å². The number of hydrogen-bond acceptors (Lipinski definition) is 5. The molecule has 1 atom stereocenters. The number of fused-ring (bicyclic) bond motifs is 1. The van der Waals surface area contributed by atoms with Crippen molar-refractivity contribution in [3.05, 3.63) is 119 Å². The molecule has 0 saturated carbocycles. The van der Waals surface area contributed by atoms with E-state index in [1.165, 1.54) is 12.1 Å². The van der Waals surface area contributed by atoms with Gasteiger partial charge in [0.25, 0.3) is 11.8 Å². The minimum Gasteiger partial charge on any atom is -0.478 e. The molecule has 1 aliphatic heterocycles. The van der Waals surface area contributed by atoms with Crippen molar-refractivity contribution < 1.29 is 19.5 Å². The summed E-state index contributed by atoms with van der Waals surface area (Å²) in [6, 6.07) is 19.0. The van der Waals surface area contributed by atoms with Crippen molar-refractivity contribution in [2.24, 2.45) is 0 Å². The summed E-state index contributed by atoms with van der Waals surface area (Å²) in [5, 5.41) is 12.0. The molecule has 2 N–H and O–H groups in total. The minimum atomic E-state index is -1.03. The fourth-order valence-electron chi connectivity index (χ4n) is 4.35. The molecule has 2 aromatic carbocycles. The topological polar surface area (TPSA) is 117 Å². The Bertz CT molecular complexity index is 1420. The lowest BCUT2D eigenvalue weighted by Gasteiger charge is -2.36. The molecule has 0 fully saturated rings. The van der Waals surface area contributed by atoms with E-state index in [2.05, 4.69) is 15.3 Å². The van der Waals surface area contributed by atoms with Crippen LogP contribution in [-0.2, 0) is 13.1 Å². The number of pyridine rings is 1. The van der Waals surface area contributed by atoms with E-state index >= 15 is 0 Å². The van der Waals surface area contributed by atoms with Crippen molar-refractivity contribution >= 4 is 17.8 Å². The highest BCUT2D eigenvalue weighted by Crippen LogP contribution is 2.32. The van der Waals surface area contributed by atoms with E-state index in [0.717, 1.165) is 5.56 Å². The van der Waals surface area contributed by atoms with Crippen LogP contribution >= 0.6 is 0 Å². The van der Waals surface area contributed by atoms with Crippen LogP contribution in [0.1, 0.15) is 54.2 Å². The molecule has 5 rings (SSSR count). The molecule has 1 unspecified atom stereocenters. The lowest BCUT2D eigenvalue weighted by Crippen LogP contribution is -2.42. The molecule has 3 heterocycles. The second kappa shape index (κ2) is 9.83. The number of nitrogens with one attached hydrogen (secondary N) is 1. The van der Waals surface area contributed by atoms with Crippen molar-refractivity contribution in [3.8, 4) is 0 Å². The van der Waals surface area contributed by atoms with Gasteiger partial charge in [0, 0.05) is 38.2 Å². The zero-order valence-electron chi connectivity index (χ0n) is 19.2. The Morgan fingerprint density at radius 1 is 0.972 bits per heavy atom. The van der Waals surface area contributed by atoms with E-state index in [1.54, 1.807) is 47.8 Å². The zero-order valence-corrected chi connectivity index (χ0v) is 19.2. The first-order chi connectivity index (χ1) is 17.5. The lowest BCUT2D eigenvalue weighted by molar-refractivity contribution is 0.0656. The molecular formula is C27H23N5O4. The molecule has 2 amide bonds. The number of carboxylic acids is 1. The summed E-state index contributed by atoms with van der Waals surface area (Å²) in [5.41, 5.74) is 2.43. The maximum atomic E-state index is 13.4. The largest absolute Gasteiger partial charge is 0.478 e. The van der Waals surface area contributed by atoms with Crippen molar-refractivity contribution in [1.29, 1.82) is 0 Å². The van der Waals surface area contributed by atoms with Gasteiger partial charge in [0.05, 0.1) is 11.1 Å². The molecule has 0 saturated heterocycles. The Balaban J connectivity index is 1.42. The predicted octanol–water partition coefficient (Wildman–Crippen LogP) is 3.15. The second-order valence-electron chi connectivity index (χ2n) is 8.42. The molecule has 0 bridgehead atoms. The molecule has 0 spiro atoms. The molecule has 9 heteroatoms. The number of aromatic carboxylic acids is 1. The lowest BCUT2D eigenvalue weighted by atomic mass is 10.0. The van der Waals surface area contributed by atoms with Crippen LogP contribution in [-0.4, -0.2) is 48.9 Å². The summed E-state index contributed by atoms with van der Waals surface area (Å²) in [4.78, 5) is 48.0. The van der Waals surface area contributed by atoms with Gasteiger partial charge >= 0.3 is 5.97 Å². The van der Waals surface area contributed by atoms with Crippen LogP contribution in [0.15, 0.2) is 85.3 Å². The monoisotopic (exact) mass is 481 g/mol. The minimum absolute atomic E-state index is 0.156. The van der Waals surface area contributed by atoms with Gasteiger partial charge in [-0.15, -0.1) is 0 Å². The van der Waals surface area contributed by atoms with Crippen LogP contribution in [0.5, 0.6) is 0 Å². The zero-order chi connectivity index (χ0) is 25.1. The van der Waals surface area contributed by atoms with Gasteiger partial charge in [0.1, 0.15) is 17.6 Å². The van der Waals surface area contributed by atoms with Crippen LogP contribution in [0.4, 0.5) is 0 Å². The fraction of sp³-hybridized carbons (Fsp3) is 0.148. The van der Waals surface area contributed by atoms with E-state index in [0.29, 0.717) is 30.0 Å². The van der Waals surface area contributed by atoms with Gasteiger partial charge in [-0.1, -0.05) is 42.5 Å². The highest BCUT2D eigenvalue weighted by molar-refractivity contribution is 5.95. The number of aromatic nitrogens is 3. The highest BCUT2D eigenvalue weighted by atomic mass is 16.4. The second-order valence-corrected chi connectivity index (χ2v) is 8.42. The molecule has 36 heavy (non-hydrogen) atoms. The van der Waals surface area contributed by atoms with E-state index in [1.807, 2.05) is 34.9 Å². The maximum absolute atomic E-state index is 13.4. The highest BCUT2D eigenvalue weighted by Gasteiger charge is 2.35. The van der Waals surface area contributed by atoms with Crippen molar-refractivity contribution in [2.45, 2.75) is 19.1 Å². The number of nitrogens with zero attached hydrogens (tertiary/aromatic N) is 4. The van der Waals surface area contributed by atoms with Crippen molar-refractivity contribution in [1.82, 2.24) is 24.8 Å². The fourth-order valence-corrected chi connectivity index (χ4v) is 4.35. The molecule has 9 nitrogen and oxygen atoms in total. The van der Waals surface area contributed by atoms with E-state index < -0.39 is 12.0 Å². The molecule has 180 valence electrons. The Hall–Kier alpha value is -4.79. The summed E-state index contributed by atoms with van der Waals surface area (Å²) < 4.78 is 1.91. The summed E-state index contributed by atoms with van der Waals surface area (Å²) >= 11 is 0. The van der Waals surface area contributed by atoms with Crippen LogP contribution in [0, 0.1) is 0 Å². The van der Waals surface area contributed by atoms with Crippen LogP contribution in [0.3, 0.4) is 0 Å². The number of rotatable bonds is 6. The third kappa shape index (κ3) is 4.58. The van der Waals surface area contributed by atoms with E-state index in [4.69, 9.17) is 0 Å². The number of carbonyl (C=O) groups is 3. The third-order valence-corrected chi connectivity index (χ3v) is 6.09. The number of amides is 2. The molecule has 2 aromatic heterocycles. The normalized spacial score (nSPS) is 14.7. The average molecular weight is 482 g/mol. The maximum Gasteiger partial charge on any atom is 0.335 e. The smallest absolute Gasteiger partial charge is 0.335 e. The SMILES string of the molecule is O=C(O)c1cccc(CNC(=O)c2cn3c(n2)C(c2ccccc2)N(C(=O)c2cccnc2)CC3)c1. The molecule has 0 radical (unpaired) electrons. The standard InChI is InChI=1S/C27H23N5O4/c33-25(29-15-18-6-4-9-20(14-18)27(35)36)22-17-31-12-13-32(26(34)21-10-5-11-28-16-21)23(24(31)30-22)19-7-2-1-3-8-19/h1-11,14,16-17,23H,12-13,15H2,(H,29,33)(H,35,36). The summed E-state index contributed by atoms with van der Waals surface area (Å²) in [6.07, 6.45) is 4.86. The van der Waals surface area contributed by atoms with Crippen LogP contribution in [0.2, 0.25) is 0 Å². The number of hydrogen-bond donors (Lipinski definition) is 2. The summed E-state index contributed by atoms with van der Waals surface area (Å²) in [6.45, 7) is 1.10. The van der Waals surface area contributed by atoms with Crippen molar-refractivity contribution in [3.63, 3.8) is 0 Å². The molecule has 0 aliphatic carbocycles. The third-order valence-electron chi connectivity index (χ3n) is 6.09. The Morgan fingerprint density at radius 3 is 2.53 bits per heavy atom. The Morgan fingerprint density at radius 2 is 1.78 bits per heavy atom. The quantitative estimate of drug-likeness (QED) is 0.437.